The second-order valence-corrected chi connectivity index (χ2v) is 3.30. The van der Waals surface area contributed by atoms with Crippen molar-refractivity contribution in [3.63, 3.8) is 0 Å². The molecule has 2 rings (SSSR count). The monoisotopic (exact) mass is 199 g/mol. The van der Waals surface area contributed by atoms with Crippen molar-refractivity contribution >= 4 is 18.1 Å². The highest BCUT2D eigenvalue weighted by Gasteiger charge is 2.14. The molecule has 0 saturated heterocycles. The molecule has 0 radical (unpaired) electrons. The lowest BCUT2D eigenvalue weighted by molar-refractivity contribution is 0.353. The lowest BCUT2D eigenvalue weighted by Crippen LogP contribution is -2.07. The van der Waals surface area contributed by atoms with Gasteiger partial charge in [0.05, 0.1) is 0 Å². The predicted molar refractivity (Wildman–Crippen MR) is 56.7 cm³/mol. The standard InChI is InChI=1S/C9H13N3.ClH/c1-12-5-7-2-3-9(11-10)4-8(7)6-12;/h2-4,11H,5-6,10H2,1H3;1H. The zero-order valence-electron chi connectivity index (χ0n) is 7.58. The van der Waals surface area contributed by atoms with E-state index < -0.39 is 0 Å². The Kier molecular flexibility index (Phi) is 3.14. The molecule has 0 saturated carbocycles. The van der Waals surface area contributed by atoms with Gasteiger partial charge in [-0.25, -0.2) is 0 Å². The number of hydrogen-bond acceptors (Lipinski definition) is 3. The Morgan fingerprint density at radius 1 is 1.31 bits per heavy atom. The van der Waals surface area contributed by atoms with Crippen LogP contribution in [0.3, 0.4) is 0 Å². The summed E-state index contributed by atoms with van der Waals surface area (Å²) >= 11 is 0. The van der Waals surface area contributed by atoms with Crippen molar-refractivity contribution in [3.05, 3.63) is 29.3 Å². The van der Waals surface area contributed by atoms with Crippen molar-refractivity contribution in [1.82, 2.24) is 4.90 Å². The van der Waals surface area contributed by atoms with Crippen molar-refractivity contribution in [1.29, 1.82) is 0 Å². The topological polar surface area (TPSA) is 41.3 Å². The lowest BCUT2D eigenvalue weighted by atomic mass is 10.1. The molecule has 1 aliphatic heterocycles. The van der Waals surface area contributed by atoms with E-state index in [0.29, 0.717) is 0 Å². The molecule has 13 heavy (non-hydrogen) atoms. The van der Waals surface area contributed by atoms with Crippen molar-refractivity contribution in [2.24, 2.45) is 5.84 Å². The van der Waals surface area contributed by atoms with Gasteiger partial charge in [-0.1, -0.05) is 6.07 Å². The molecular formula is C9H14ClN3. The normalized spacial score (nSPS) is 14.9. The fourth-order valence-electron chi connectivity index (χ4n) is 1.65. The van der Waals surface area contributed by atoms with E-state index in [-0.39, 0.29) is 12.4 Å². The molecule has 72 valence electrons. The number of rotatable bonds is 1. The fraction of sp³-hybridized carbons (Fsp3) is 0.333. The highest BCUT2D eigenvalue weighted by molar-refractivity contribution is 5.85. The molecule has 1 aromatic carbocycles. The van der Waals surface area contributed by atoms with Gasteiger partial charge in [0.2, 0.25) is 0 Å². The van der Waals surface area contributed by atoms with Crippen molar-refractivity contribution in [2.75, 3.05) is 12.5 Å². The first-order chi connectivity index (χ1) is 5.79. The number of benzene rings is 1. The van der Waals surface area contributed by atoms with Crippen LogP contribution >= 0.6 is 12.4 Å². The molecule has 1 heterocycles. The van der Waals surface area contributed by atoms with E-state index in [1.807, 2.05) is 6.07 Å². The van der Waals surface area contributed by atoms with Crippen molar-refractivity contribution < 1.29 is 0 Å². The van der Waals surface area contributed by atoms with E-state index in [0.717, 1.165) is 18.8 Å². The van der Waals surface area contributed by atoms with Crippen LogP contribution in [0.15, 0.2) is 18.2 Å². The van der Waals surface area contributed by atoms with Crippen LogP contribution in [-0.2, 0) is 13.1 Å². The minimum atomic E-state index is 0. The summed E-state index contributed by atoms with van der Waals surface area (Å²) in [5.74, 6) is 5.31. The lowest BCUT2D eigenvalue weighted by Gasteiger charge is -2.02. The van der Waals surface area contributed by atoms with E-state index in [1.165, 1.54) is 11.1 Å². The third-order valence-electron chi connectivity index (χ3n) is 2.25. The summed E-state index contributed by atoms with van der Waals surface area (Å²) in [7, 11) is 2.12. The molecule has 0 bridgehead atoms. The molecular weight excluding hydrogens is 186 g/mol. The SMILES string of the molecule is CN1Cc2ccc(NN)cc2C1.Cl. The van der Waals surface area contributed by atoms with Gasteiger partial charge in [-0.05, 0) is 30.3 Å². The predicted octanol–water partition coefficient (Wildman–Crippen LogP) is 1.34. The number of hydrogen-bond donors (Lipinski definition) is 2. The molecule has 0 unspecified atom stereocenters. The molecule has 3 N–H and O–H groups in total. The smallest absolute Gasteiger partial charge is 0.0488 e. The Labute approximate surface area is 84.3 Å². The maximum atomic E-state index is 5.31. The van der Waals surface area contributed by atoms with Gasteiger partial charge < -0.3 is 5.43 Å². The van der Waals surface area contributed by atoms with E-state index in [9.17, 15) is 0 Å². The number of nitrogens with two attached hydrogens (primary N) is 1. The van der Waals surface area contributed by atoms with E-state index in [1.54, 1.807) is 0 Å². The molecule has 3 nitrogen and oxygen atoms in total. The summed E-state index contributed by atoms with van der Waals surface area (Å²) in [4.78, 5) is 2.28. The zero-order chi connectivity index (χ0) is 8.55. The van der Waals surface area contributed by atoms with Crippen LogP contribution in [0.4, 0.5) is 5.69 Å². The maximum Gasteiger partial charge on any atom is 0.0488 e. The first kappa shape index (κ1) is 10.3. The average molecular weight is 200 g/mol. The maximum absolute atomic E-state index is 5.31. The van der Waals surface area contributed by atoms with Crippen LogP contribution in [0, 0.1) is 0 Å². The van der Waals surface area contributed by atoms with Gasteiger partial charge >= 0.3 is 0 Å². The molecule has 1 aromatic rings. The van der Waals surface area contributed by atoms with Crippen LogP contribution < -0.4 is 11.3 Å². The van der Waals surface area contributed by atoms with Crippen molar-refractivity contribution in [3.8, 4) is 0 Å². The summed E-state index contributed by atoms with van der Waals surface area (Å²) < 4.78 is 0. The molecule has 4 heteroatoms. The summed E-state index contributed by atoms with van der Waals surface area (Å²) in [5.41, 5.74) is 6.44. The highest BCUT2D eigenvalue weighted by atomic mass is 35.5. The number of fused-ring (bicyclic) bond motifs is 1. The Morgan fingerprint density at radius 2 is 2.00 bits per heavy atom. The fourth-order valence-corrected chi connectivity index (χ4v) is 1.65. The largest absolute Gasteiger partial charge is 0.324 e. The molecule has 0 aliphatic carbocycles. The van der Waals surface area contributed by atoms with Crippen molar-refractivity contribution in [2.45, 2.75) is 13.1 Å². The van der Waals surface area contributed by atoms with Crippen LogP contribution in [0.1, 0.15) is 11.1 Å². The quantitative estimate of drug-likeness (QED) is 0.530. The van der Waals surface area contributed by atoms with Gasteiger partial charge in [-0.15, -0.1) is 12.4 Å². The zero-order valence-corrected chi connectivity index (χ0v) is 8.40. The Bertz CT molecular complexity index is 301. The Balaban J connectivity index is 0.000000845. The third-order valence-corrected chi connectivity index (χ3v) is 2.25. The summed E-state index contributed by atoms with van der Waals surface area (Å²) in [6.07, 6.45) is 0. The van der Waals surface area contributed by atoms with Crippen LogP contribution in [-0.4, -0.2) is 11.9 Å². The summed E-state index contributed by atoms with van der Waals surface area (Å²) in [6, 6.07) is 6.25. The third kappa shape index (κ3) is 1.94. The Morgan fingerprint density at radius 3 is 2.69 bits per heavy atom. The van der Waals surface area contributed by atoms with E-state index in [4.69, 9.17) is 5.84 Å². The summed E-state index contributed by atoms with van der Waals surface area (Å²) in [6.45, 7) is 2.09. The second-order valence-electron chi connectivity index (χ2n) is 3.30. The number of hydrazine groups is 1. The molecule has 1 aliphatic rings. The van der Waals surface area contributed by atoms with Gasteiger partial charge in [-0.2, -0.15) is 0 Å². The number of nitrogens with zero attached hydrogens (tertiary/aromatic N) is 1. The average Bonchev–Trinajstić information content (AvgIpc) is 2.43. The number of anilines is 1. The van der Waals surface area contributed by atoms with Crippen LogP contribution in [0.2, 0.25) is 0 Å². The second kappa shape index (κ2) is 3.96. The number of nitrogen functional groups attached to an aromatic ring is 1. The molecule has 0 atom stereocenters. The van der Waals surface area contributed by atoms with Gasteiger partial charge in [0.25, 0.3) is 0 Å². The minimum Gasteiger partial charge on any atom is -0.324 e. The first-order valence-electron chi connectivity index (χ1n) is 4.06. The van der Waals surface area contributed by atoms with Gasteiger partial charge in [0.1, 0.15) is 0 Å². The van der Waals surface area contributed by atoms with Gasteiger partial charge in [0, 0.05) is 18.8 Å². The molecule has 0 aromatic heterocycles. The van der Waals surface area contributed by atoms with E-state index in [2.05, 4.69) is 29.5 Å². The van der Waals surface area contributed by atoms with Crippen LogP contribution in [0.5, 0.6) is 0 Å². The first-order valence-corrected chi connectivity index (χ1v) is 4.06. The summed E-state index contributed by atoms with van der Waals surface area (Å²) in [5, 5.41) is 0. The van der Waals surface area contributed by atoms with Gasteiger partial charge in [0.15, 0.2) is 0 Å². The van der Waals surface area contributed by atoms with E-state index >= 15 is 0 Å². The minimum absolute atomic E-state index is 0. The highest BCUT2D eigenvalue weighted by Crippen LogP contribution is 2.23. The molecule has 0 amide bonds. The molecule has 0 fully saturated rings. The molecule has 0 spiro atoms. The number of nitrogens with one attached hydrogen (secondary N) is 1. The van der Waals surface area contributed by atoms with Crippen LogP contribution in [0.25, 0.3) is 0 Å². The van der Waals surface area contributed by atoms with Gasteiger partial charge in [-0.3, -0.25) is 10.7 Å². The number of halogens is 1. The Hall–Kier alpha value is -0.770.